The van der Waals surface area contributed by atoms with E-state index in [2.05, 4.69) is 31.0 Å². The zero-order chi connectivity index (χ0) is 13.1. The van der Waals surface area contributed by atoms with Crippen LogP contribution in [0.3, 0.4) is 0 Å². The van der Waals surface area contributed by atoms with Crippen LogP contribution in [0.25, 0.3) is 10.9 Å². The molecule has 18 heavy (non-hydrogen) atoms. The third-order valence-corrected chi connectivity index (χ3v) is 2.97. The highest BCUT2D eigenvalue weighted by atomic mass is 14.6. The van der Waals surface area contributed by atoms with E-state index in [1.54, 1.807) is 0 Å². The highest BCUT2D eigenvalue weighted by Crippen LogP contribution is 2.07. The predicted octanol–water partition coefficient (Wildman–Crippen LogP) is 5.60. The summed E-state index contributed by atoms with van der Waals surface area (Å²) in [5.74, 6) is 0. The van der Waals surface area contributed by atoms with Gasteiger partial charge in [0.1, 0.15) is 0 Å². The monoisotopic (exact) mass is 243 g/mol. The quantitative estimate of drug-likeness (QED) is 0.623. The molecule has 0 saturated carbocycles. The molecule has 1 heteroatoms. The Morgan fingerprint density at radius 2 is 1.39 bits per heavy atom. The van der Waals surface area contributed by atoms with Gasteiger partial charge in [-0.3, -0.25) is 4.98 Å². The predicted molar refractivity (Wildman–Crippen MR) is 80.8 cm³/mol. The first-order chi connectivity index (χ1) is 8.88. The molecule has 0 radical (unpaired) electrons. The normalized spacial score (nSPS) is 9.89. The van der Waals surface area contributed by atoms with Gasteiger partial charge in [0.2, 0.25) is 0 Å². The third-order valence-electron chi connectivity index (χ3n) is 2.97. The molecule has 1 aromatic heterocycles. The number of aromatic nitrogens is 1. The first-order valence-corrected chi connectivity index (χ1v) is 7.18. The van der Waals surface area contributed by atoms with Crippen LogP contribution >= 0.6 is 0 Å². The van der Waals surface area contributed by atoms with E-state index in [0.29, 0.717) is 0 Å². The molecule has 0 aliphatic heterocycles. The van der Waals surface area contributed by atoms with E-state index in [0.717, 1.165) is 5.52 Å². The first kappa shape index (κ1) is 14.7. The van der Waals surface area contributed by atoms with Crippen LogP contribution in [0.2, 0.25) is 0 Å². The van der Waals surface area contributed by atoms with Crippen molar-refractivity contribution in [1.82, 2.24) is 4.98 Å². The maximum absolute atomic E-state index is 4.18. The topological polar surface area (TPSA) is 12.9 Å². The van der Waals surface area contributed by atoms with E-state index >= 15 is 0 Å². The largest absolute Gasteiger partial charge is 0.256 e. The van der Waals surface area contributed by atoms with Crippen LogP contribution in [0.15, 0.2) is 42.6 Å². The van der Waals surface area contributed by atoms with Crippen molar-refractivity contribution in [2.75, 3.05) is 0 Å². The smallest absolute Gasteiger partial charge is 0.0701 e. The fraction of sp³-hybridized carbons (Fsp3) is 0.471. The maximum atomic E-state index is 4.18. The number of benzene rings is 1. The Hall–Kier alpha value is -1.37. The number of hydrogen-bond donors (Lipinski definition) is 0. The molecule has 2 rings (SSSR count). The molecule has 98 valence electrons. The molecule has 0 aliphatic carbocycles. The second-order valence-electron chi connectivity index (χ2n) is 4.61. The van der Waals surface area contributed by atoms with Gasteiger partial charge in [-0.1, -0.05) is 76.6 Å². The van der Waals surface area contributed by atoms with Gasteiger partial charge in [-0.2, -0.15) is 0 Å². The summed E-state index contributed by atoms with van der Waals surface area (Å²) in [5, 5.41) is 1.20. The van der Waals surface area contributed by atoms with Gasteiger partial charge in [0, 0.05) is 11.6 Å². The van der Waals surface area contributed by atoms with Crippen molar-refractivity contribution in [3.63, 3.8) is 0 Å². The van der Waals surface area contributed by atoms with Gasteiger partial charge >= 0.3 is 0 Å². The first-order valence-electron chi connectivity index (χ1n) is 7.18. The lowest BCUT2D eigenvalue weighted by Gasteiger charge is -1.93. The van der Waals surface area contributed by atoms with E-state index in [1.807, 2.05) is 30.5 Å². The Bertz CT molecular complexity index is 351. The summed E-state index contributed by atoms with van der Waals surface area (Å²) in [4.78, 5) is 4.18. The van der Waals surface area contributed by atoms with Crippen molar-refractivity contribution >= 4 is 10.9 Å². The minimum Gasteiger partial charge on any atom is -0.256 e. The van der Waals surface area contributed by atoms with Gasteiger partial charge < -0.3 is 0 Å². The summed E-state index contributed by atoms with van der Waals surface area (Å²) >= 11 is 0. The molecule has 0 saturated heterocycles. The molecule has 1 aromatic carbocycles. The van der Waals surface area contributed by atoms with Crippen LogP contribution in [-0.4, -0.2) is 4.98 Å². The van der Waals surface area contributed by atoms with E-state index in [4.69, 9.17) is 0 Å². The van der Waals surface area contributed by atoms with E-state index in [1.165, 1.54) is 43.9 Å². The van der Waals surface area contributed by atoms with Gasteiger partial charge in [-0.05, 0) is 12.1 Å². The average Bonchev–Trinajstić information content (AvgIpc) is 2.45. The number of fused-ring (bicyclic) bond motifs is 1. The zero-order valence-corrected chi connectivity index (χ0v) is 11.7. The van der Waals surface area contributed by atoms with Gasteiger partial charge in [0.05, 0.1) is 5.52 Å². The minimum atomic E-state index is 1.06. The number of para-hydroxylation sites is 1. The second-order valence-corrected chi connectivity index (χ2v) is 4.61. The summed E-state index contributed by atoms with van der Waals surface area (Å²) in [5.41, 5.74) is 1.06. The van der Waals surface area contributed by atoms with Crippen molar-refractivity contribution in [3.8, 4) is 0 Å². The van der Waals surface area contributed by atoms with Crippen molar-refractivity contribution in [2.24, 2.45) is 0 Å². The lowest BCUT2D eigenvalue weighted by molar-refractivity contribution is 0.624. The Kier molecular flexibility index (Phi) is 7.87. The van der Waals surface area contributed by atoms with Crippen molar-refractivity contribution < 1.29 is 0 Å². The lowest BCUT2D eigenvalue weighted by Crippen LogP contribution is -1.73. The van der Waals surface area contributed by atoms with E-state index in [9.17, 15) is 0 Å². The highest BCUT2D eigenvalue weighted by molar-refractivity contribution is 5.77. The van der Waals surface area contributed by atoms with Gasteiger partial charge in [0.15, 0.2) is 0 Å². The van der Waals surface area contributed by atoms with Crippen LogP contribution in [0.4, 0.5) is 0 Å². The lowest BCUT2D eigenvalue weighted by atomic mass is 10.1. The molecule has 0 bridgehead atoms. The molecule has 0 atom stereocenters. The minimum absolute atomic E-state index is 1.06. The van der Waals surface area contributed by atoms with E-state index in [-0.39, 0.29) is 0 Å². The Labute approximate surface area is 111 Å². The molecule has 2 aromatic rings. The molecule has 1 heterocycles. The van der Waals surface area contributed by atoms with Crippen LogP contribution in [0, 0.1) is 0 Å². The maximum Gasteiger partial charge on any atom is 0.0701 e. The Morgan fingerprint density at radius 3 is 2.00 bits per heavy atom. The summed E-state index contributed by atoms with van der Waals surface area (Å²) in [6.45, 7) is 4.51. The highest BCUT2D eigenvalue weighted by Gasteiger charge is 1.86. The van der Waals surface area contributed by atoms with Crippen molar-refractivity contribution in [3.05, 3.63) is 42.6 Å². The number of hydrogen-bond acceptors (Lipinski definition) is 1. The van der Waals surface area contributed by atoms with Crippen LogP contribution < -0.4 is 0 Å². The summed E-state index contributed by atoms with van der Waals surface area (Å²) in [6.07, 6.45) is 10.3. The van der Waals surface area contributed by atoms with Crippen LogP contribution in [0.1, 0.15) is 52.4 Å². The third kappa shape index (κ3) is 5.81. The Morgan fingerprint density at radius 1 is 0.778 bits per heavy atom. The molecule has 0 fully saturated rings. The van der Waals surface area contributed by atoms with Crippen molar-refractivity contribution in [2.45, 2.75) is 52.4 Å². The number of nitrogens with zero attached hydrogens (tertiary/aromatic N) is 1. The zero-order valence-electron chi connectivity index (χ0n) is 11.7. The fourth-order valence-corrected chi connectivity index (χ4v) is 1.87. The molecule has 0 amide bonds. The molecule has 0 spiro atoms. The second kappa shape index (κ2) is 9.64. The van der Waals surface area contributed by atoms with Crippen LogP contribution in [0.5, 0.6) is 0 Å². The molecule has 0 N–H and O–H groups in total. The van der Waals surface area contributed by atoms with Gasteiger partial charge in [-0.25, -0.2) is 0 Å². The van der Waals surface area contributed by atoms with Gasteiger partial charge in [0.25, 0.3) is 0 Å². The summed E-state index contributed by atoms with van der Waals surface area (Å²) in [6, 6.07) is 12.1. The molecular formula is C17H25N. The fourth-order valence-electron chi connectivity index (χ4n) is 1.87. The number of pyridine rings is 1. The summed E-state index contributed by atoms with van der Waals surface area (Å²) in [7, 11) is 0. The summed E-state index contributed by atoms with van der Waals surface area (Å²) < 4.78 is 0. The standard InChI is InChI=1S/C9H7N.C8H18/c1-2-6-9-8(4-1)5-3-7-10-9;1-3-5-7-8-6-4-2/h1-7H;3-8H2,1-2H3. The van der Waals surface area contributed by atoms with E-state index < -0.39 is 0 Å². The molecule has 0 aliphatic rings. The van der Waals surface area contributed by atoms with Crippen molar-refractivity contribution in [1.29, 1.82) is 0 Å². The average molecular weight is 243 g/mol. The molecule has 0 unspecified atom stereocenters. The number of unbranched alkanes of at least 4 members (excludes halogenated alkanes) is 5. The SMILES string of the molecule is CCCCCCCC.c1ccc2ncccc2c1. The number of rotatable bonds is 5. The molecular weight excluding hydrogens is 218 g/mol. The molecule has 1 nitrogen and oxygen atoms in total. The van der Waals surface area contributed by atoms with Crippen LogP contribution in [-0.2, 0) is 0 Å². The Balaban J connectivity index is 0.000000187. The van der Waals surface area contributed by atoms with Gasteiger partial charge in [-0.15, -0.1) is 0 Å².